The van der Waals surface area contributed by atoms with E-state index in [1.807, 2.05) is 29.2 Å². The number of carbonyl (C=O) groups is 1. The normalized spacial score (nSPS) is 15.4. The second kappa shape index (κ2) is 4.17. The maximum absolute atomic E-state index is 12.4. The first-order valence-electron chi connectivity index (χ1n) is 5.98. The van der Waals surface area contributed by atoms with E-state index >= 15 is 0 Å². The Kier molecular flexibility index (Phi) is 2.52. The molecule has 86 valence electrons. The number of hydrogen-bond donors (Lipinski definition) is 0. The molecule has 0 radical (unpaired) electrons. The second-order valence-electron chi connectivity index (χ2n) is 4.40. The Balaban J connectivity index is 2.07. The Bertz CT molecular complexity index is 554. The summed E-state index contributed by atoms with van der Waals surface area (Å²) < 4.78 is 0. The lowest BCUT2D eigenvalue weighted by Crippen LogP contribution is -2.27. The van der Waals surface area contributed by atoms with Gasteiger partial charge in [0.15, 0.2) is 0 Å². The highest BCUT2D eigenvalue weighted by molar-refractivity contribution is 6.06. The van der Waals surface area contributed by atoms with Crippen LogP contribution in [0.1, 0.15) is 23.2 Å². The molecule has 1 aliphatic rings. The van der Waals surface area contributed by atoms with Crippen molar-refractivity contribution in [2.24, 2.45) is 0 Å². The Morgan fingerprint density at radius 1 is 1.18 bits per heavy atom. The number of pyridine rings is 1. The maximum Gasteiger partial charge on any atom is 0.254 e. The van der Waals surface area contributed by atoms with Crippen LogP contribution in [-0.2, 0) is 0 Å². The molecule has 1 aliphatic heterocycles. The van der Waals surface area contributed by atoms with Crippen molar-refractivity contribution in [3.8, 4) is 0 Å². The molecule has 2 aromatic rings. The second-order valence-corrected chi connectivity index (χ2v) is 4.40. The molecule has 1 aromatic carbocycles. The molecule has 1 amide bonds. The first-order chi connectivity index (χ1) is 8.36. The standard InChI is InChI=1S/C14H14N2O/c17-14(16-8-1-2-9-16)12-5-3-4-11-6-7-15-10-13(11)12/h3-7,10H,1-2,8-9H2. The molecule has 3 rings (SSSR count). The molecule has 1 saturated heterocycles. The summed E-state index contributed by atoms with van der Waals surface area (Å²) in [5.74, 6) is 0.140. The third-order valence-electron chi connectivity index (χ3n) is 3.31. The first-order valence-corrected chi connectivity index (χ1v) is 5.98. The number of aromatic nitrogens is 1. The minimum absolute atomic E-state index is 0.140. The van der Waals surface area contributed by atoms with Crippen LogP contribution in [0.4, 0.5) is 0 Å². The van der Waals surface area contributed by atoms with Crippen molar-refractivity contribution < 1.29 is 4.79 Å². The summed E-state index contributed by atoms with van der Waals surface area (Å²) in [4.78, 5) is 18.4. The van der Waals surface area contributed by atoms with Crippen LogP contribution in [0.15, 0.2) is 36.7 Å². The Labute approximate surface area is 100 Å². The van der Waals surface area contributed by atoms with Crippen LogP contribution in [0.3, 0.4) is 0 Å². The van der Waals surface area contributed by atoms with E-state index in [1.165, 1.54) is 0 Å². The molecule has 0 bridgehead atoms. The van der Waals surface area contributed by atoms with Crippen molar-refractivity contribution >= 4 is 16.7 Å². The van der Waals surface area contributed by atoms with E-state index < -0.39 is 0 Å². The lowest BCUT2D eigenvalue weighted by atomic mass is 10.1. The number of nitrogens with zero attached hydrogens (tertiary/aromatic N) is 2. The predicted molar refractivity (Wildman–Crippen MR) is 66.9 cm³/mol. The number of carbonyl (C=O) groups excluding carboxylic acids is 1. The fourth-order valence-corrected chi connectivity index (χ4v) is 2.39. The zero-order valence-electron chi connectivity index (χ0n) is 9.60. The fraction of sp³-hybridized carbons (Fsp3) is 0.286. The monoisotopic (exact) mass is 226 g/mol. The van der Waals surface area contributed by atoms with Gasteiger partial charge in [-0.2, -0.15) is 0 Å². The zero-order chi connectivity index (χ0) is 11.7. The summed E-state index contributed by atoms with van der Waals surface area (Å²) in [5.41, 5.74) is 0.775. The number of rotatable bonds is 1. The van der Waals surface area contributed by atoms with Gasteiger partial charge in [0.05, 0.1) is 0 Å². The summed E-state index contributed by atoms with van der Waals surface area (Å²) in [6.45, 7) is 1.77. The molecule has 3 heteroatoms. The van der Waals surface area contributed by atoms with Crippen LogP contribution >= 0.6 is 0 Å². The molecule has 0 aliphatic carbocycles. The van der Waals surface area contributed by atoms with Crippen molar-refractivity contribution in [2.75, 3.05) is 13.1 Å². The number of hydrogen-bond acceptors (Lipinski definition) is 2. The Morgan fingerprint density at radius 2 is 2.00 bits per heavy atom. The van der Waals surface area contributed by atoms with E-state index in [4.69, 9.17) is 0 Å². The van der Waals surface area contributed by atoms with Gasteiger partial charge in [-0.25, -0.2) is 0 Å². The summed E-state index contributed by atoms with van der Waals surface area (Å²) in [7, 11) is 0. The van der Waals surface area contributed by atoms with E-state index in [1.54, 1.807) is 12.4 Å². The molecule has 0 unspecified atom stereocenters. The molecule has 3 nitrogen and oxygen atoms in total. The highest BCUT2D eigenvalue weighted by atomic mass is 16.2. The summed E-state index contributed by atoms with van der Waals surface area (Å²) in [6, 6.07) is 7.78. The van der Waals surface area contributed by atoms with Gasteiger partial charge >= 0.3 is 0 Å². The van der Waals surface area contributed by atoms with Gasteiger partial charge in [-0.15, -0.1) is 0 Å². The van der Waals surface area contributed by atoms with Gasteiger partial charge < -0.3 is 4.90 Å². The summed E-state index contributed by atoms with van der Waals surface area (Å²) in [6.07, 6.45) is 5.77. The van der Waals surface area contributed by atoms with Crippen LogP contribution in [0.5, 0.6) is 0 Å². The van der Waals surface area contributed by atoms with E-state index in [-0.39, 0.29) is 5.91 Å². The van der Waals surface area contributed by atoms with Crippen LogP contribution in [0.2, 0.25) is 0 Å². The topological polar surface area (TPSA) is 33.2 Å². The smallest absolute Gasteiger partial charge is 0.254 e. The van der Waals surface area contributed by atoms with Gasteiger partial charge in [-0.3, -0.25) is 9.78 Å². The first kappa shape index (κ1) is 10.3. The lowest BCUT2D eigenvalue weighted by molar-refractivity contribution is 0.0795. The lowest BCUT2D eigenvalue weighted by Gasteiger charge is -2.16. The van der Waals surface area contributed by atoms with Gasteiger partial charge in [0.1, 0.15) is 0 Å². The van der Waals surface area contributed by atoms with E-state index in [0.717, 1.165) is 42.3 Å². The van der Waals surface area contributed by atoms with Gasteiger partial charge in [-0.05, 0) is 30.4 Å². The maximum atomic E-state index is 12.4. The van der Waals surface area contributed by atoms with Gasteiger partial charge in [0, 0.05) is 36.4 Å². The molecule has 2 heterocycles. The van der Waals surface area contributed by atoms with Gasteiger partial charge in [0.2, 0.25) is 0 Å². The van der Waals surface area contributed by atoms with Crippen molar-refractivity contribution in [1.82, 2.24) is 9.88 Å². The molecular formula is C14H14N2O. The molecule has 0 N–H and O–H groups in total. The van der Waals surface area contributed by atoms with Crippen molar-refractivity contribution in [1.29, 1.82) is 0 Å². The number of amides is 1. The predicted octanol–water partition coefficient (Wildman–Crippen LogP) is 2.47. The van der Waals surface area contributed by atoms with Crippen LogP contribution in [0, 0.1) is 0 Å². The summed E-state index contributed by atoms with van der Waals surface area (Å²) >= 11 is 0. The van der Waals surface area contributed by atoms with Gasteiger partial charge in [0.25, 0.3) is 5.91 Å². The highest BCUT2D eigenvalue weighted by Gasteiger charge is 2.20. The average Bonchev–Trinajstić information content (AvgIpc) is 2.91. The molecule has 0 saturated carbocycles. The third kappa shape index (κ3) is 1.78. The average molecular weight is 226 g/mol. The third-order valence-corrected chi connectivity index (χ3v) is 3.31. The zero-order valence-corrected chi connectivity index (χ0v) is 9.60. The molecule has 1 fully saturated rings. The SMILES string of the molecule is O=C(c1cccc2ccncc12)N1CCCC1. The number of benzene rings is 1. The molecule has 1 aromatic heterocycles. The minimum Gasteiger partial charge on any atom is -0.339 e. The van der Waals surface area contributed by atoms with Crippen LogP contribution in [-0.4, -0.2) is 28.9 Å². The Morgan fingerprint density at radius 3 is 2.82 bits per heavy atom. The largest absolute Gasteiger partial charge is 0.339 e. The Hall–Kier alpha value is -1.90. The molecular weight excluding hydrogens is 212 g/mol. The molecule has 0 spiro atoms. The van der Waals surface area contributed by atoms with Crippen molar-refractivity contribution in [3.63, 3.8) is 0 Å². The van der Waals surface area contributed by atoms with E-state index in [9.17, 15) is 4.79 Å². The number of fused-ring (bicyclic) bond motifs is 1. The van der Waals surface area contributed by atoms with Crippen molar-refractivity contribution in [3.05, 3.63) is 42.2 Å². The van der Waals surface area contributed by atoms with Crippen LogP contribution < -0.4 is 0 Å². The van der Waals surface area contributed by atoms with Gasteiger partial charge in [-0.1, -0.05) is 12.1 Å². The van der Waals surface area contributed by atoms with Crippen molar-refractivity contribution in [2.45, 2.75) is 12.8 Å². The minimum atomic E-state index is 0.140. The van der Waals surface area contributed by atoms with Crippen LogP contribution in [0.25, 0.3) is 10.8 Å². The van der Waals surface area contributed by atoms with E-state index in [2.05, 4.69) is 4.98 Å². The molecule has 17 heavy (non-hydrogen) atoms. The fourth-order valence-electron chi connectivity index (χ4n) is 2.39. The number of likely N-dealkylation sites (tertiary alicyclic amines) is 1. The highest BCUT2D eigenvalue weighted by Crippen LogP contribution is 2.20. The van der Waals surface area contributed by atoms with E-state index in [0.29, 0.717) is 0 Å². The molecule has 0 atom stereocenters. The summed E-state index contributed by atoms with van der Waals surface area (Å²) in [5, 5.41) is 2.02. The quantitative estimate of drug-likeness (QED) is 0.748.